The van der Waals surface area contributed by atoms with E-state index in [1.54, 1.807) is 12.1 Å². The van der Waals surface area contributed by atoms with Crippen LogP contribution in [-0.2, 0) is 41.1 Å². The number of aromatic nitrogens is 2. The Balaban J connectivity index is 0.00000118. The van der Waals surface area contributed by atoms with E-state index in [0.29, 0.717) is 32.2 Å². The Bertz CT molecular complexity index is 2240. The summed E-state index contributed by atoms with van der Waals surface area (Å²) in [5.41, 5.74) is 9.83. The highest BCUT2D eigenvalue weighted by molar-refractivity contribution is 7.47. The number of hydrogen-bond acceptors (Lipinski definition) is 9. The number of nitrogens with two attached hydrogens (primary N) is 1. The van der Waals surface area contributed by atoms with Gasteiger partial charge in [0.15, 0.2) is 0 Å². The Morgan fingerprint density at radius 2 is 1.47 bits per heavy atom. The average molecular weight is 923 g/mol. The lowest BCUT2D eigenvalue weighted by Crippen LogP contribution is -2.53. The molecule has 0 saturated carbocycles. The van der Waals surface area contributed by atoms with E-state index in [-0.39, 0.29) is 61.5 Å². The number of carbonyl (C=O) groups is 4. The van der Waals surface area contributed by atoms with E-state index in [2.05, 4.69) is 56.9 Å². The van der Waals surface area contributed by atoms with E-state index < -0.39 is 31.7 Å². The second-order valence-electron chi connectivity index (χ2n) is 15.2. The largest absolute Gasteiger partial charge is 0.527 e. The maximum absolute atomic E-state index is 13.4. The van der Waals surface area contributed by atoms with Crippen molar-refractivity contribution in [3.05, 3.63) is 101 Å². The standard InChI is InChI=1S/C40H49ClN7O8P.C6H15N/c41-31-14-5-8-17-36(31)56-57(53,54)55-21-10-2-1-9-19-43-38(50)26-46-37(49)18-11-20-44-40(52)35(23-28-25-45-34-16-7-4-13-30(28)34)48-39(51)32(42)24-29-22-27-12-3-6-15-33(27)47-29;1-4-7(5-2)6-3/h3-8,12-17,22,25,32,35,45,47H,1-2,9-11,18-21,23-24,26,42H2,(H,43,50)(H,44,52)(H,46,49)(H,48,51)(H,53,54);4-6H2,1-3H3/t32-,35-;/m0./s1. The van der Waals surface area contributed by atoms with Crippen LogP contribution in [-0.4, -0.2) is 101 Å². The van der Waals surface area contributed by atoms with Gasteiger partial charge in [-0.2, -0.15) is 0 Å². The van der Waals surface area contributed by atoms with Gasteiger partial charge in [-0.15, -0.1) is 0 Å². The first-order chi connectivity index (χ1) is 30.8. The second-order valence-corrected chi connectivity index (χ2v) is 17.0. The summed E-state index contributed by atoms with van der Waals surface area (Å²) in [5.74, 6) is -1.49. The first-order valence-electron chi connectivity index (χ1n) is 21.9. The van der Waals surface area contributed by atoms with Crippen molar-refractivity contribution in [1.29, 1.82) is 0 Å². The lowest BCUT2D eigenvalue weighted by Gasteiger charge is -2.20. The highest BCUT2D eigenvalue weighted by atomic mass is 35.5. The van der Waals surface area contributed by atoms with Gasteiger partial charge in [-0.05, 0) is 80.2 Å². The van der Waals surface area contributed by atoms with E-state index in [9.17, 15) is 28.6 Å². The molecule has 5 aromatic rings. The summed E-state index contributed by atoms with van der Waals surface area (Å²) in [6, 6.07) is 21.9. The quantitative estimate of drug-likeness (QED) is 0.0233. The van der Waals surface area contributed by atoms with Gasteiger partial charge in [0.1, 0.15) is 11.8 Å². The number of H-pyrrole nitrogens is 2. The average Bonchev–Trinajstić information content (AvgIpc) is 3.90. The van der Waals surface area contributed by atoms with Crippen LogP contribution >= 0.6 is 19.4 Å². The number of para-hydroxylation sites is 3. The molecule has 64 heavy (non-hydrogen) atoms. The monoisotopic (exact) mass is 922 g/mol. The number of fused-ring (bicyclic) bond motifs is 2. The molecule has 18 heteroatoms. The number of phosphoric acid groups is 1. The highest BCUT2D eigenvalue weighted by Gasteiger charge is 2.26. The fraction of sp³-hybridized carbons (Fsp3) is 0.435. The van der Waals surface area contributed by atoms with Crippen LogP contribution in [0.5, 0.6) is 5.75 Å². The van der Waals surface area contributed by atoms with Gasteiger partial charge in [0.05, 0.1) is 24.2 Å². The molecule has 2 aromatic heterocycles. The van der Waals surface area contributed by atoms with Crippen molar-refractivity contribution in [1.82, 2.24) is 36.1 Å². The van der Waals surface area contributed by atoms with Gasteiger partial charge in [-0.1, -0.05) is 93.7 Å². The molecule has 5 rings (SSSR count). The first kappa shape index (κ1) is 51.4. The van der Waals surface area contributed by atoms with Crippen LogP contribution in [0.25, 0.3) is 21.8 Å². The van der Waals surface area contributed by atoms with E-state index in [4.69, 9.17) is 26.4 Å². The first-order valence-corrected chi connectivity index (χ1v) is 23.8. The van der Waals surface area contributed by atoms with Gasteiger partial charge in [0.25, 0.3) is 0 Å². The number of nitrogens with one attached hydrogen (secondary N) is 6. The maximum Gasteiger partial charge on any atom is 0.527 e. The maximum atomic E-state index is 13.4. The van der Waals surface area contributed by atoms with Gasteiger partial charge < -0.3 is 46.4 Å². The zero-order chi connectivity index (χ0) is 46.3. The molecule has 0 spiro atoms. The fourth-order valence-electron chi connectivity index (χ4n) is 6.82. The summed E-state index contributed by atoms with van der Waals surface area (Å²) in [6.07, 6.45) is 5.32. The van der Waals surface area contributed by atoms with Gasteiger partial charge in [0.2, 0.25) is 23.6 Å². The van der Waals surface area contributed by atoms with E-state index in [0.717, 1.165) is 39.5 Å². The lowest BCUT2D eigenvalue weighted by atomic mass is 10.0. The fourth-order valence-corrected chi connectivity index (χ4v) is 7.87. The Labute approximate surface area is 380 Å². The number of unbranched alkanes of at least 4 members (excludes halogenated alkanes) is 3. The molecule has 0 aliphatic heterocycles. The molecule has 0 aliphatic rings. The molecule has 0 radical (unpaired) electrons. The number of benzene rings is 3. The summed E-state index contributed by atoms with van der Waals surface area (Å²) in [5, 5.41) is 13.2. The number of rotatable bonds is 26. The van der Waals surface area contributed by atoms with Crippen molar-refractivity contribution >= 4 is 64.9 Å². The SMILES string of the molecule is CCN(CC)CC.N[C@@H](Cc1cc2ccccc2[nH]1)C(=O)N[C@@H](Cc1c[nH]c2ccccc12)C(=O)NCCCC(=O)NCC(=O)NCCCCCCOP(=O)(O)Oc1ccccc1Cl. The second kappa shape index (κ2) is 27.2. The summed E-state index contributed by atoms with van der Waals surface area (Å²) in [4.78, 5) is 70.1. The van der Waals surface area contributed by atoms with Crippen molar-refractivity contribution in [2.75, 3.05) is 45.9 Å². The molecular formula is C46H64ClN8O8P. The summed E-state index contributed by atoms with van der Waals surface area (Å²) >= 11 is 5.94. The van der Waals surface area contributed by atoms with Crippen LogP contribution in [0.2, 0.25) is 5.02 Å². The molecule has 1 unspecified atom stereocenters. The molecule has 9 N–H and O–H groups in total. The molecule has 0 fully saturated rings. The molecule has 0 bridgehead atoms. The summed E-state index contributed by atoms with van der Waals surface area (Å²) in [6.45, 7) is 10.5. The van der Waals surface area contributed by atoms with Gasteiger partial charge in [-0.3, -0.25) is 28.6 Å². The van der Waals surface area contributed by atoms with Crippen molar-refractivity contribution < 1.29 is 37.7 Å². The lowest BCUT2D eigenvalue weighted by molar-refractivity contribution is -0.129. The van der Waals surface area contributed by atoms with Crippen LogP contribution in [0.1, 0.15) is 70.6 Å². The van der Waals surface area contributed by atoms with Crippen molar-refractivity contribution in [2.45, 2.75) is 84.2 Å². The molecule has 3 aromatic carbocycles. The normalized spacial score (nSPS) is 13.0. The van der Waals surface area contributed by atoms with Gasteiger partial charge in [-0.25, -0.2) is 4.57 Å². The van der Waals surface area contributed by atoms with Crippen molar-refractivity contribution in [2.24, 2.45) is 5.73 Å². The topological polar surface area (TPSA) is 233 Å². The molecule has 348 valence electrons. The number of amides is 4. The molecule has 3 atom stereocenters. The minimum Gasteiger partial charge on any atom is -0.403 e. The third kappa shape index (κ3) is 17.7. The van der Waals surface area contributed by atoms with Gasteiger partial charge in [0, 0.05) is 60.7 Å². The van der Waals surface area contributed by atoms with Crippen LogP contribution < -0.4 is 31.5 Å². The van der Waals surface area contributed by atoms with Crippen LogP contribution in [0.15, 0.2) is 85.1 Å². The minimum atomic E-state index is -4.30. The number of halogens is 1. The smallest absolute Gasteiger partial charge is 0.403 e. The minimum absolute atomic E-state index is 0.0181. The Hall–Kier alpha value is -5.22. The molecule has 0 aliphatic carbocycles. The van der Waals surface area contributed by atoms with Crippen molar-refractivity contribution in [3.63, 3.8) is 0 Å². The molecule has 0 saturated heterocycles. The number of carbonyl (C=O) groups excluding carboxylic acids is 4. The van der Waals surface area contributed by atoms with Crippen LogP contribution in [0.3, 0.4) is 0 Å². The van der Waals surface area contributed by atoms with E-state index in [1.165, 1.54) is 31.8 Å². The third-order valence-corrected chi connectivity index (χ3v) is 11.7. The van der Waals surface area contributed by atoms with E-state index in [1.807, 2.05) is 60.8 Å². The highest BCUT2D eigenvalue weighted by Crippen LogP contribution is 2.45. The number of aromatic amines is 2. The zero-order valence-electron chi connectivity index (χ0n) is 37.0. The number of hydrogen-bond donors (Lipinski definition) is 8. The Morgan fingerprint density at radius 3 is 2.19 bits per heavy atom. The molecule has 4 amide bonds. The third-order valence-electron chi connectivity index (χ3n) is 10.5. The molecule has 2 heterocycles. The summed E-state index contributed by atoms with van der Waals surface area (Å²) in [7, 11) is -4.30. The van der Waals surface area contributed by atoms with Crippen molar-refractivity contribution in [3.8, 4) is 5.75 Å². The van der Waals surface area contributed by atoms with E-state index >= 15 is 0 Å². The van der Waals surface area contributed by atoms with Gasteiger partial charge >= 0.3 is 7.82 Å². The molecular weight excluding hydrogens is 859 g/mol. The number of nitrogens with zero attached hydrogens (tertiary/aromatic N) is 1. The predicted octanol–water partition coefficient (Wildman–Crippen LogP) is 6.13. The van der Waals surface area contributed by atoms with Crippen LogP contribution in [0, 0.1) is 0 Å². The number of phosphoric ester groups is 1. The zero-order valence-corrected chi connectivity index (χ0v) is 38.6. The van der Waals surface area contributed by atoms with Crippen LogP contribution in [0.4, 0.5) is 0 Å². The predicted molar refractivity (Wildman–Crippen MR) is 252 cm³/mol. The Kier molecular flexibility index (Phi) is 21.8. The summed E-state index contributed by atoms with van der Waals surface area (Å²) < 4.78 is 22.1. The molecule has 16 nitrogen and oxygen atoms in total. The Morgan fingerprint density at radius 1 is 0.797 bits per heavy atom.